The Kier molecular flexibility index (Phi) is 6.79. The lowest BCUT2D eigenvalue weighted by molar-refractivity contribution is 0.0952. The van der Waals surface area contributed by atoms with Crippen LogP contribution in [0.25, 0.3) is 16.9 Å². The molecule has 0 spiro atoms. The summed E-state index contributed by atoms with van der Waals surface area (Å²) in [5.41, 5.74) is 4.77. The van der Waals surface area contributed by atoms with Crippen molar-refractivity contribution in [3.8, 4) is 22.8 Å². The predicted octanol–water partition coefficient (Wildman–Crippen LogP) is 4.60. The average molecular weight is 465 g/mol. The highest BCUT2D eigenvalue weighted by Crippen LogP contribution is 2.27. The molecular weight excluding hydrogens is 440 g/mol. The van der Waals surface area contributed by atoms with E-state index in [-0.39, 0.29) is 5.91 Å². The molecule has 8 heteroatoms. The first kappa shape index (κ1) is 22.6. The summed E-state index contributed by atoms with van der Waals surface area (Å²) in [5, 5.41) is 8.35. The van der Waals surface area contributed by atoms with Crippen molar-refractivity contribution in [3.63, 3.8) is 0 Å². The summed E-state index contributed by atoms with van der Waals surface area (Å²) in [6, 6.07) is 15.1. The second-order valence-electron chi connectivity index (χ2n) is 7.47. The molecule has 4 aromatic rings. The fourth-order valence-electron chi connectivity index (χ4n) is 3.72. The van der Waals surface area contributed by atoms with Gasteiger partial charge in [0.1, 0.15) is 0 Å². The van der Waals surface area contributed by atoms with E-state index in [4.69, 9.17) is 26.2 Å². The lowest BCUT2D eigenvalue weighted by atomic mass is 10.1. The number of aryl methyl sites for hydroxylation is 1. The van der Waals surface area contributed by atoms with Crippen LogP contribution in [0.3, 0.4) is 0 Å². The number of halogens is 1. The summed E-state index contributed by atoms with van der Waals surface area (Å²) in [7, 11) is 3.21. The van der Waals surface area contributed by atoms with E-state index < -0.39 is 0 Å². The van der Waals surface area contributed by atoms with Gasteiger partial charge in [-0.3, -0.25) is 4.79 Å². The molecule has 170 valence electrons. The van der Waals surface area contributed by atoms with Gasteiger partial charge >= 0.3 is 0 Å². The average Bonchev–Trinajstić information content (AvgIpc) is 3.28. The van der Waals surface area contributed by atoms with Gasteiger partial charge < -0.3 is 14.8 Å². The number of amides is 1. The van der Waals surface area contributed by atoms with E-state index in [1.807, 2.05) is 55.5 Å². The first-order valence-electron chi connectivity index (χ1n) is 10.7. The Balaban J connectivity index is 1.51. The van der Waals surface area contributed by atoms with Crippen LogP contribution in [0.2, 0.25) is 5.02 Å². The van der Waals surface area contributed by atoms with Crippen molar-refractivity contribution in [1.82, 2.24) is 19.9 Å². The SMILES string of the molecule is CCc1c(C(=O)NCCc2ccc(OC)c(OC)c2)cnc2cc(-c3ccc(Cl)cc3)nn12. The molecule has 2 heterocycles. The number of nitrogens with one attached hydrogen (secondary N) is 1. The number of benzene rings is 2. The van der Waals surface area contributed by atoms with Gasteiger partial charge in [-0.1, -0.05) is 36.7 Å². The van der Waals surface area contributed by atoms with Crippen LogP contribution in [0.15, 0.2) is 54.7 Å². The molecule has 0 aliphatic heterocycles. The molecule has 7 nitrogen and oxygen atoms in total. The molecule has 0 aliphatic rings. The second kappa shape index (κ2) is 9.92. The number of aromatic nitrogens is 3. The lowest BCUT2D eigenvalue weighted by Gasteiger charge is -2.11. The second-order valence-corrected chi connectivity index (χ2v) is 7.91. The molecule has 1 N–H and O–H groups in total. The molecule has 0 unspecified atom stereocenters. The minimum Gasteiger partial charge on any atom is -0.493 e. The van der Waals surface area contributed by atoms with Crippen molar-refractivity contribution >= 4 is 23.2 Å². The number of nitrogens with zero attached hydrogens (tertiary/aromatic N) is 3. The number of carbonyl (C=O) groups is 1. The first-order chi connectivity index (χ1) is 16.0. The number of rotatable bonds is 8. The Hall–Kier alpha value is -3.58. The molecule has 0 bridgehead atoms. The number of hydrogen-bond acceptors (Lipinski definition) is 5. The monoisotopic (exact) mass is 464 g/mol. The number of fused-ring (bicyclic) bond motifs is 1. The van der Waals surface area contributed by atoms with Crippen LogP contribution < -0.4 is 14.8 Å². The van der Waals surface area contributed by atoms with Gasteiger partial charge in [0, 0.05) is 29.4 Å². The fraction of sp³-hybridized carbons (Fsp3) is 0.240. The van der Waals surface area contributed by atoms with E-state index in [2.05, 4.69) is 10.3 Å². The van der Waals surface area contributed by atoms with E-state index in [0.29, 0.717) is 47.1 Å². The lowest BCUT2D eigenvalue weighted by Crippen LogP contribution is -2.27. The van der Waals surface area contributed by atoms with Crippen LogP contribution in [0.1, 0.15) is 28.5 Å². The van der Waals surface area contributed by atoms with Crippen molar-refractivity contribution < 1.29 is 14.3 Å². The van der Waals surface area contributed by atoms with Gasteiger partial charge in [-0.15, -0.1) is 0 Å². The van der Waals surface area contributed by atoms with E-state index in [1.165, 1.54) is 0 Å². The van der Waals surface area contributed by atoms with Crippen molar-refractivity contribution in [3.05, 3.63) is 76.6 Å². The van der Waals surface area contributed by atoms with Gasteiger partial charge in [-0.25, -0.2) is 9.50 Å². The molecule has 1 amide bonds. The zero-order valence-corrected chi connectivity index (χ0v) is 19.5. The van der Waals surface area contributed by atoms with Crippen molar-refractivity contribution in [2.24, 2.45) is 0 Å². The molecule has 0 atom stereocenters. The smallest absolute Gasteiger partial charge is 0.254 e. The molecule has 0 radical (unpaired) electrons. The summed E-state index contributed by atoms with van der Waals surface area (Å²) in [4.78, 5) is 17.4. The van der Waals surface area contributed by atoms with E-state index >= 15 is 0 Å². The fourth-order valence-corrected chi connectivity index (χ4v) is 3.85. The molecule has 0 aliphatic carbocycles. The zero-order chi connectivity index (χ0) is 23.4. The van der Waals surface area contributed by atoms with Crippen LogP contribution in [0.4, 0.5) is 0 Å². The van der Waals surface area contributed by atoms with Gasteiger partial charge in [0.2, 0.25) is 0 Å². The summed E-state index contributed by atoms with van der Waals surface area (Å²) >= 11 is 6.00. The minimum atomic E-state index is -0.176. The van der Waals surface area contributed by atoms with Gasteiger partial charge in [0.15, 0.2) is 17.1 Å². The van der Waals surface area contributed by atoms with Gasteiger partial charge in [-0.2, -0.15) is 5.10 Å². The quantitative estimate of drug-likeness (QED) is 0.412. The van der Waals surface area contributed by atoms with Crippen LogP contribution in [0, 0.1) is 0 Å². The van der Waals surface area contributed by atoms with E-state index in [9.17, 15) is 4.79 Å². The minimum absolute atomic E-state index is 0.176. The maximum Gasteiger partial charge on any atom is 0.254 e. The molecule has 0 saturated heterocycles. The highest BCUT2D eigenvalue weighted by atomic mass is 35.5. The van der Waals surface area contributed by atoms with Crippen molar-refractivity contribution in [2.75, 3.05) is 20.8 Å². The Labute approximate surface area is 197 Å². The van der Waals surface area contributed by atoms with Crippen LogP contribution in [-0.2, 0) is 12.8 Å². The predicted molar refractivity (Wildman–Crippen MR) is 128 cm³/mol. The zero-order valence-electron chi connectivity index (χ0n) is 18.8. The maximum atomic E-state index is 12.9. The molecule has 33 heavy (non-hydrogen) atoms. The normalized spacial score (nSPS) is 10.9. The van der Waals surface area contributed by atoms with Crippen LogP contribution in [0.5, 0.6) is 11.5 Å². The van der Waals surface area contributed by atoms with Gasteiger partial charge in [0.05, 0.1) is 31.2 Å². The number of ether oxygens (including phenoxy) is 2. The van der Waals surface area contributed by atoms with Crippen LogP contribution >= 0.6 is 11.6 Å². The third-order valence-electron chi connectivity index (χ3n) is 5.45. The van der Waals surface area contributed by atoms with Crippen molar-refractivity contribution in [2.45, 2.75) is 19.8 Å². The topological polar surface area (TPSA) is 77.8 Å². The molecule has 2 aromatic heterocycles. The molecular formula is C25H25ClN4O3. The summed E-state index contributed by atoms with van der Waals surface area (Å²) in [6.07, 6.45) is 2.91. The largest absolute Gasteiger partial charge is 0.493 e. The standard InChI is InChI=1S/C25H25ClN4O3/c1-4-21-19(25(31)27-12-11-16-5-10-22(32-2)23(13-16)33-3)15-28-24-14-20(29-30(21)24)17-6-8-18(26)9-7-17/h5-10,13-15H,4,11-12H2,1-3H3,(H,27,31). The van der Waals surface area contributed by atoms with Gasteiger partial charge in [-0.05, 0) is 42.7 Å². The van der Waals surface area contributed by atoms with E-state index in [0.717, 1.165) is 22.5 Å². The Bertz CT molecular complexity index is 1290. The van der Waals surface area contributed by atoms with Crippen LogP contribution in [-0.4, -0.2) is 41.3 Å². The first-order valence-corrected chi connectivity index (χ1v) is 11.0. The highest BCUT2D eigenvalue weighted by molar-refractivity contribution is 6.30. The summed E-state index contributed by atoms with van der Waals surface area (Å²) in [6.45, 7) is 2.48. The van der Waals surface area contributed by atoms with Crippen molar-refractivity contribution in [1.29, 1.82) is 0 Å². The maximum absolute atomic E-state index is 12.9. The Morgan fingerprint density at radius 2 is 1.82 bits per heavy atom. The number of methoxy groups -OCH3 is 2. The van der Waals surface area contributed by atoms with Gasteiger partial charge in [0.25, 0.3) is 5.91 Å². The summed E-state index contributed by atoms with van der Waals surface area (Å²) < 4.78 is 12.4. The molecule has 2 aromatic carbocycles. The molecule has 4 rings (SSSR count). The summed E-state index contributed by atoms with van der Waals surface area (Å²) in [5.74, 6) is 1.17. The molecule has 0 fully saturated rings. The number of hydrogen-bond donors (Lipinski definition) is 1. The number of carbonyl (C=O) groups excluding carboxylic acids is 1. The Morgan fingerprint density at radius 1 is 1.06 bits per heavy atom. The van der Waals surface area contributed by atoms with E-state index in [1.54, 1.807) is 24.9 Å². The Morgan fingerprint density at radius 3 is 2.52 bits per heavy atom. The molecule has 0 saturated carbocycles. The highest BCUT2D eigenvalue weighted by Gasteiger charge is 2.17. The third-order valence-corrected chi connectivity index (χ3v) is 5.70. The third kappa shape index (κ3) is 4.78.